The van der Waals surface area contributed by atoms with Crippen LogP contribution in [0, 0.1) is 0 Å². The zero-order chi connectivity index (χ0) is 19.8. The van der Waals surface area contributed by atoms with Gasteiger partial charge in [-0.15, -0.1) is 0 Å². The maximum atomic E-state index is 13.2. The highest BCUT2D eigenvalue weighted by atomic mass is 16.5. The summed E-state index contributed by atoms with van der Waals surface area (Å²) in [5.41, 5.74) is -0.0975. The third-order valence-electron chi connectivity index (χ3n) is 4.81. The van der Waals surface area contributed by atoms with Gasteiger partial charge < -0.3 is 24.8 Å². The SMILES string of the molecule is COc1cc(OC)cc([C@@H](O)[C@@]2(NC(C)=O)C(=O)N(C)c3ccccc32)c1. The Morgan fingerprint density at radius 3 is 2.30 bits per heavy atom. The molecule has 7 nitrogen and oxygen atoms in total. The van der Waals surface area contributed by atoms with Gasteiger partial charge in [-0.25, -0.2) is 0 Å². The smallest absolute Gasteiger partial charge is 0.260 e. The highest BCUT2D eigenvalue weighted by molar-refractivity contribution is 6.09. The van der Waals surface area contributed by atoms with Crippen LogP contribution in [-0.4, -0.2) is 38.2 Å². The average Bonchev–Trinajstić information content (AvgIpc) is 2.89. The molecule has 0 saturated heterocycles. The Bertz CT molecular complexity index is 875. The highest BCUT2D eigenvalue weighted by Gasteiger charge is 2.56. The van der Waals surface area contributed by atoms with E-state index >= 15 is 0 Å². The van der Waals surface area contributed by atoms with Crippen LogP contribution in [0.1, 0.15) is 24.2 Å². The molecule has 2 amide bonds. The average molecular weight is 370 g/mol. The lowest BCUT2D eigenvalue weighted by Crippen LogP contribution is -2.55. The first-order valence-electron chi connectivity index (χ1n) is 8.42. The first-order valence-corrected chi connectivity index (χ1v) is 8.42. The van der Waals surface area contributed by atoms with Crippen LogP contribution < -0.4 is 19.7 Å². The van der Waals surface area contributed by atoms with Gasteiger partial charge in [0.15, 0.2) is 5.54 Å². The van der Waals surface area contributed by atoms with Crippen molar-refractivity contribution >= 4 is 17.5 Å². The van der Waals surface area contributed by atoms with E-state index in [4.69, 9.17) is 9.47 Å². The molecule has 2 N–H and O–H groups in total. The molecule has 0 radical (unpaired) electrons. The van der Waals surface area contributed by atoms with Crippen molar-refractivity contribution in [1.29, 1.82) is 0 Å². The van der Waals surface area contributed by atoms with E-state index in [-0.39, 0.29) is 0 Å². The molecule has 1 heterocycles. The molecule has 142 valence electrons. The fourth-order valence-corrected chi connectivity index (χ4v) is 3.56. The Balaban J connectivity index is 2.23. The quantitative estimate of drug-likeness (QED) is 0.837. The Morgan fingerprint density at radius 1 is 1.15 bits per heavy atom. The van der Waals surface area contributed by atoms with Crippen molar-refractivity contribution in [2.45, 2.75) is 18.6 Å². The van der Waals surface area contributed by atoms with E-state index in [2.05, 4.69) is 5.32 Å². The maximum absolute atomic E-state index is 13.2. The van der Waals surface area contributed by atoms with Crippen LogP contribution in [0.25, 0.3) is 0 Å². The largest absolute Gasteiger partial charge is 0.497 e. The Labute approximate surface area is 157 Å². The number of rotatable bonds is 5. The van der Waals surface area contributed by atoms with Gasteiger partial charge in [-0.3, -0.25) is 9.59 Å². The van der Waals surface area contributed by atoms with E-state index in [1.54, 1.807) is 49.5 Å². The van der Waals surface area contributed by atoms with Gasteiger partial charge in [0, 0.05) is 31.3 Å². The highest BCUT2D eigenvalue weighted by Crippen LogP contribution is 2.47. The topological polar surface area (TPSA) is 88.1 Å². The minimum absolute atomic E-state index is 0.387. The van der Waals surface area contributed by atoms with Crippen molar-refractivity contribution in [3.05, 3.63) is 53.6 Å². The monoisotopic (exact) mass is 370 g/mol. The zero-order valence-electron chi connectivity index (χ0n) is 15.6. The van der Waals surface area contributed by atoms with E-state index in [0.717, 1.165) is 0 Å². The summed E-state index contributed by atoms with van der Waals surface area (Å²) >= 11 is 0. The zero-order valence-corrected chi connectivity index (χ0v) is 15.6. The number of aliphatic hydroxyl groups is 1. The van der Waals surface area contributed by atoms with Crippen LogP contribution >= 0.6 is 0 Å². The summed E-state index contributed by atoms with van der Waals surface area (Å²) in [6, 6.07) is 12.0. The maximum Gasteiger partial charge on any atom is 0.260 e. The second kappa shape index (κ2) is 6.92. The molecule has 0 aromatic heterocycles. The first kappa shape index (κ1) is 18.7. The lowest BCUT2D eigenvalue weighted by molar-refractivity contribution is -0.135. The van der Waals surface area contributed by atoms with E-state index in [9.17, 15) is 14.7 Å². The number of fused-ring (bicyclic) bond motifs is 1. The number of carbonyl (C=O) groups excluding carboxylic acids is 2. The van der Waals surface area contributed by atoms with Crippen LogP contribution in [-0.2, 0) is 15.1 Å². The Morgan fingerprint density at radius 2 is 1.74 bits per heavy atom. The number of methoxy groups -OCH3 is 2. The molecule has 0 unspecified atom stereocenters. The number of likely N-dealkylation sites (N-methyl/N-ethyl adjacent to an activating group) is 1. The number of hydrogen-bond acceptors (Lipinski definition) is 5. The molecule has 0 saturated carbocycles. The fraction of sp³-hybridized carbons (Fsp3) is 0.300. The van der Waals surface area contributed by atoms with E-state index in [1.807, 2.05) is 0 Å². The van der Waals surface area contributed by atoms with Crippen LogP contribution in [0.2, 0.25) is 0 Å². The number of benzene rings is 2. The normalized spacial score (nSPS) is 19.4. The molecule has 2 aromatic rings. The van der Waals surface area contributed by atoms with Crippen LogP contribution in [0.3, 0.4) is 0 Å². The Kier molecular flexibility index (Phi) is 4.80. The first-order chi connectivity index (χ1) is 12.8. The number of ether oxygens (including phenoxy) is 2. The fourth-order valence-electron chi connectivity index (χ4n) is 3.56. The number of nitrogens with zero attached hydrogens (tertiary/aromatic N) is 1. The van der Waals surface area contributed by atoms with Crippen molar-refractivity contribution in [3.8, 4) is 11.5 Å². The van der Waals surface area contributed by atoms with Gasteiger partial charge in [-0.2, -0.15) is 0 Å². The van der Waals surface area contributed by atoms with Gasteiger partial charge in [-0.1, -0.05) is 18.2 Å². The Hall–Kier alpha value is -3.06. The van der Waals surface area contributed by atoms with Crippen molar-refractivity contribution in [1.82, 2.24) is 5.32 Å². The van der Waals surface area contributed by atoms with Crippen molar-refractivity contribution in [2.75, 3.05) is 26.2 Å². The molecule has 0 bridgehead atoms. The van der Waals surface area contributed by atoms with E-state index in [0.29, 0.717) is 28.3 Å². The van der Waals surface area contributed by atoms with Crippen molar-refractivity contribution in [3.63, 3.8) is 0 Å². The number of nitrogens with one attached hydrogen (secondary N) is 1. The second-order valence-electron chi connectivity index (χ2n) is 6.42. The minimum Gasteiger partial charge on any atom is -0.497 e. The molecule has 27 heavy (non-hydrogen) atoms. The molecule has 0 spiro atoms. The third-order valence-corrected chi connectivity index (χ3v) is 4.81. The van der Waals surface area contributed by atoms with Crippen LogP contribution in [0.15, 0.2) is 42.5 Å². The minimum atomic E-state index is -1.64. The lowest BCUT2D eigenvalue weighted by atomic mass is 9.81. The molecule has 7 heteroatoms. The number of hydrogen-bond donors (Lipinski definition) is 2. The van der Waals surface area contributed by atoms with Crippen molar-refractivity contribution < 1.29 is 24.2 Å². The molecule has 2 atom stereocenters. The molecule has 2 aromatic carbocycles. The second-order valence-corrected chi connectivity index (χ2v) is 6.42. The molecule has 1 aliphatic heterocycles. The van der Waals surface area contributed by atoms with Gasteiger partial charge in [0.25, 0.3) is 5.91 Å². The molecule has 0 aliphatic carbocycles. The molecular formula is C20H22N2O5. The summed E-state index contributed by atoms with van der Waals surface area (Å²) in [6.45, 7) is 1.31. The number of amides is 2. The van der Waals surface area contributed by atoms with E-state index in [1.165, 1.54) is 26.0 Å². The predicted octanol–water partition coefficient (Wildman–Crippen LogP) is 1.75. The third kappa shape index (κ3) is 2.90. The van der Waals surface area contributed by atoms with Crippen molar-refractivity contribution in [2.24, 2.45) is 0 Å². The summed E-state index contributed by atoms with van der Waals surface area (Å²) in [7, 11) is 4.61. The number of aliphatic hydroxyl groups excluding tert-OH is 1. The van der Waals surface area contributed by atoms with Gasteiger partial charge in [0.2, 0.25) is 5.91 Å². The van der Waals surface area contributed by atoms with Crippen LogP contribution in [0.4, 0.5) is 5.69 Å². The summed E-state index contributed by atoms with van der Waals surface area (Å²) in [6.07, 6.45) is -1.36. The number of anilines is 1. The summed E-state index contributed by atoms with van der Waals surface area (Å²) in [5, 5.41) is 14.0. The summed E-state index contributed by atoms with van der Waals surface area (Å²) in [5.74, 6) is 0.0810. The lowest BCUT2D eigenvalue weighted by Gasteiger charge is -2.34. The molecule has 0 fully saturated rings. The van der Waals surface area contributed by atoms with Gasteiger partial charge in [-0.05, 0) is 23.8 Å². The summed E-state index contributed by atoms with van der Waals surface area (Å²) < 4.78 is 10.5. The molecular weight excluding hydrogens is 348 g/mol. The molecule has 3 rings (SSSR count). The van der Waals surface area contributed by atoms with Crippen LogP contribution in [0.5, 0.6) is 11.5 Å². The number of carbonyl (C=O) groups is 2. The standard InChI is InChI=1S/C20H22N2O5/c1-12(23)21-20(16-7-5-6-8-17(16)22(2)19(20)25)18(24)13-9-14(26-3)11-15(10-13)27-4/h5-11,18,24H,1-4H3,(H,21,23)/t18-,20-/m1/s1. The van der Waals surface area contributed by atoms with Gasteiger partial charge in [0.1, 0.15) is 17.6 Å². The number of para-hydroxylation sites is 1. The summed E-state index contributed by atoms with van der Waals surface area (Å²) in [4.78, 5) is 26.7. The predicted molar refractivity (Wildman–Crippen MR) is 99.9 cm³/mol. The van der Waals surface area contributed by atoms with Gasteiger partial charge in [0.05, 0.1) is 14.2 Å². The van der Waals surface area contributed by atoms with Gasteiger partial charge >= 0.3 is 0 Å². The van der Waals surface area contributed by atoms with E-state index < -0.39 is 23.5 Å². The molecule has 1 aliphatic rings.